The highest BCUT2D eigenvalue weighted by Crippen LogP contribution is 2.65. The first kappa shape index (κ1) is 37.6. The van der Waals surface area contributed by atoms with Gasteiger partial charge >= 0.3 is 0 Å². The molecule has 300 valence electrons. The Bertz CT molecular complexity index is 2940. The summed E-state index contributed by atoms with van der Waals surface area (Å²) >= 11 is 0. The van der Waals surface area contributed by atoms with Gasteiger partial charge in [-0.3, -0.25) is 4.57 Å². The van der Waals surface area contributed by atoms with Crippen LogP contribution in [0.4, 0.5) is 22.7 Å². The third kappa shape index (κ3) is 6.29. The number of hydrogen-bond acceptors (Lipinski definition) is 4. The highest BCUT2D eigenvalue weighted by Gasteiger charge is 2.41. The summed E-state index contributed by atoms with van der Waals surface area (Å²) in [7, 11) is -0.426. The number of pyridine rings is 1. The summed E-state index contributed by atoms with van der Waals surface area (Å²) in [4.78, 5) is 9.90. The van der Waals surface area contributed by atoms with Gasteiger partial charge in [-0.15, -0.1) is 0 Å². The van der Waals surface area contributed by atoms with E-state index in [-0.39, 0.29) is 5.41 Å². The smallest absolute Gasteiger partial charge is 0.137 e. The molecule has 0 radical (unpaired) electrons. The van der Waals surface area contributed by atoms with Crippen LogP contribution >= 0.6 is 7.92 Å². The fraction of sp³-hybridized carbons (Fsp3) is 0.182. The molecule has 8 aromatic rings. The topological polar surface area (TPSA) is 33.5 Å². The lowest BCUT2D eigenvalue weighted by Crippen LogP contribution is -2.25. The molecule has 6 aromatic carbocycles. The van der Waals surface area contributed by atoms with E-state index < -0.39 is 7.92 Å². The molecule has 5 nitrogen and oxygen atoms in total. The Morgan fingerprint density at radius 1 is 0.689 bits per heavy atom. The second kappa shape index (κ2) is 14.6. The number of rotatable bonds is 8. The fourth-order valence-electron chi connectivity index (χ4n) is 9.93. The van der Waals surface area contributed by atoms with Crippen molar-refractivity contribution in [2.45, 2.75) is 57.8 Å². The summed E-state index contributed by atoms with van der Waals surface area (Å²) in [6, 6.07) is 54.7. The number of benzene rings is 6. The molecular formula is C55H49N4OP. The lowest BCUT2D eigenvalue weighted by molar-refractivity contribution is 0.484. The minimum atomic E-state index is -0.426. The number of hydrogen-bond donors (Lipinski definition) is 0. The predicted octanol–water partition coefficient (Wildman–Crippen LogP) is 14.7. The molecule has 0 saturated carbocycles. The largest absolute Gasteiger partial charge is 0.457 e. The number of allylic oxidation sites excluding steroid dienone is 1. The van der Waals surface area contributed by atoms with Gasteiger partial charge in [0.2, 0.25) is 0 Å². The van der Waals surface area contributed by atoms with E-state index in [4.69, 9.17) is 9.72 Å². The third-order valence-corrected chi connectivity index (χ3v) is 15.8. The van der Waals surface area contributed by atoms with Crippen LogP contribution in [0.1, 0.15) is 63.5 Å². The van der Waals surface area contributed by atoms with Crippen molar-refractivity contribution in [3.63, 3.8) is 0 Å². The van der Waals surface area contributed by atoms with Gasteiger partial charge in [0.25, 0.3) is 0 Å². The average Bonchev–Trinajstić information content (AvgIpc) is 3.95. The minimum Gasteiger partial charge on any atom is -0.457 e. The van der Waals surface area contributed by atoms with Gasteiger partial charge in [0.1, 0.15) is 24.0 Å². The van der Waals surface area contributed by atoms with Crippen molar-refractivity contribution >= 4 is 53.0 Å². The fourth-order valence-corrected chi connectivity index (χ4v) is 13.2. The highest BCUT2D eigenvalue weighted by atomic mass is 31.1. The molecule has 0 N–H and O–H groups in total. The molecule has 0 amide bonds. The summed E-state index contributed by atoms with van der Waals surface area (Å²) in [6.07, 6.45) is 7.77. The first-order valence-corrected chi connectivity index (χ1v) is 23.0. The molecule has 1 aliphatic carbocycles. The Kier molecular flexibility index (Phi) is 9.02. The van der Waals surface area contributed by atoms with Crippen LogP contribution in [0.15, 0.2) is 164 Å². The van der Waals surface area contributed by atoms with Crippen LogP contribution in [0.25, 0.3) is 45.1 Å². The van der Waals surface area contributed by atoms with Crippen LogP contribution in [0.5, 0.6) is 11.5 Å². The summed E-state index contributed by atoms with van der Waals surface area (Å²) in [5.74, 6) is 2.65. The molecule has 0 saturated heterocycles. The molecular weight excluding hydrogens is 764 g/mol. The normalized spacial score (nSPS) is 16.5. The van der Waals surface area contributed by atoms with Gasteiger partial charge in [0.05, 0.1) is 28.3 Å². The van der Waals surface area contributed by atoms with Crippen LogP contribution in [0.2, 0.25) is 0 Å². The van der Waals surface area contributed by atoms with Crippen LogP contribution in [-0.2, 0) is 5.41 Å². The first-order valence-electron chi connectivity index (χ1n) is 21.5. The predicted molar refractivity (Wildman–Crippen MR) is 257 cm³/mol. The van der Waals surface area contributed by atoms with Gasteiger partial charge in [-0.1, -0.05) is 146 Å². The minimum absolute atomic E-state index is 0.00884. The zero-order chi connectivity index (χ0) is 41.4. The Labute approximate surface area is 360 Å². The second-order valence-corrected chi connectivity index (χ2v) is 20.8. The SMILES string of the molecule is CC(C)P1c2cc(Oc3cccc(N4CN(c5c(-c6ccccc6)cccc5-c5ccccc5)c5ccccc54)c3)cc3c2c2c(n3-c3cc(C(C)(C)C)ccn3)C=CCC21. The first-order chi connectivity index (χ1) is 29.7. The molecule has 6 heteroatoms. The maximum absolute atomic E-state index is 7.02. The van der Waals surface area contributed by atoms with Crippen molar-refractivity contribution in [2.75, 3.05) is 16.5 Å². The average molecular weight is 813 g/mol. The third-order valence-electron chi connectivity index (χ3n) is 12.7. The van der Waals surface area contributed by atoms with Crippen molar-refractivity contribution in [1.82, 2.24) is 9.55 Å². The number of fused-ring (bicyclic) bond motifs is 1. The van der Waals surface area contributed by atoms with E-state index in [1.165, 1.54) is 66.7 Å². The molecule has 2 unspecified atom stereocenters. The number of nitrogens with zero attached hydrogens (tertiary/aromatic N) is 4. The Balaban J connectivity index is 1.00. The molecule has 3 aliphatic rings. The molecule has 61 heavy (non-hydrogen) atoms. The zero-order valence-corrected chi connectivity index (χ0v) is 36.3. The van der Waals surface area contributed by atoms with Gasteiger partial charge in [0, 0.05) is 46.2 Å². The van der Waals surface area contributed by atoms with E-state index >= 15 is 0 Å². The Morgan fingerprint density at radius 2 is 1.36 bits per heavy atom. The highest BCUT2D eigenvalue weighted by molar-refractivity contribution is 7.67. The summed E-state index contributed by atoms with van der Waals surface area (Å²) in [5, 5.41) is 2.87. The van der Waals surface area contributed by atoms with E-state index in [2.05, 4.69) is 213 Å². The molecule has 4 heterocycles. The monoisotopic (exact) mass is 812 g/mol. The zero-order valence-electron chi connectivity index (χ0n) is 35.4. The van der Waals surface area contributed by atoms with E-state index in [9.17, 15) is 0 Å². The molecule has 2 aliphatic heterocycles. The molecule has 2 aromatic heterocycles. The Morgan fingerprint density at radius 3 is 2.05 bits per heavy atom. The van der Waals surface area contributed by atoms with Crippen molar-refractivity contribution in [2.24, 2.45) is 0 Å². The van der Waals surface area contributed by atoms with Crippen LogP contribution in [0.3, 0.4) is 0 Å². The number of ether oxygens (including phenoxy) is 1. The van der Waals surface area contributed by atoms with Gasteiger partial charge < -0.3 is 14.5 Å². The maximum atomic E-state index is 7.02. The Hall–Kier alpha value is -6.42. The molecule has 0 bridgehead atoms. The van der Waals surface area contributed by atoms with Crippen molar-refractivity contribution in [3.05, 3.63) is 181 Å². The van der Waals surface area contributed by atoms with Crippen LogP contribution in [0, 0.1) is 0 Å². The van der Waals surface area contributed by atoms with Gasteiger partial charge in [-0.25, -0.2) is 4.98 Å². The van der Waals surface area contributed by atoms with Crippen LogP contribution in [-0.4, -0.2) is 21.9 Å². The lowest BCUT2D eigenvalue weighted by atomic mass is 9.88. The number of anilines is 4. The second-order valence-electron chi connectivity index (χ2n) is 17.8. The summed E-state index contributed by atoms with van der Waals surface area (Å²) in [6.45, 7) is 12.3. The molecule has 2 atom stereocenters. The van der Waals surface area contributed by atoms with E-state index in [1.807, 2.05) is 6.20 Å². The molecule has 0 spiro atoms. The summed E-state index contributed by atoms with van der Waals surface area (Å²) < 4.78 is 9.42. The number of para-hydroxylation sites is 3. The van der Waals surface area contributed by atoms with E-state index in [0.29, 0.717) is 18.0 Å². The summed E-state index contributed by atoms with van der Waals surface area (Å²) in [5.41, 5.74) is 15.7. The lowest BCUT2D eigenvalue weighted by Gasteiger charge is -2.29. The maximum Gasteiger partial charge on any atom is 0.137 e. The molecule has 11 rings (SSSR count). The van der Waals surface area contributed by atoms with Crippen molar-refractivity contribution in [3.8, 4) is 39.6 Å². The van der Waals surface area contributed by atoms with Gasteiger partial charge in [0.15, 0.2) is 0 Å². The van der Waals surface area contributed by atoms with Gasteiger partial charge in [-0.05, 0) is 93.6 Å². The van der Waals surface area contributed by atoms with E-state index in [1.54, 1.807) is 0 Å². The quantitative estimate of drug-likeness (QED) is 0.143. The van der Waals surface area contributed by atoms with E-state index in [0.717, 1.165) is 35.1 Å². The van der Waals surface area contributed by atoms with Gasteiger partial charge in [-0.2, -0.15) is 0 Å². The standard InChI is InChI=1S/C55H49N4OP/c1-36(2)61-49-28-16-27-47-52(49)53-48(59(47)51-31-39(29-30-56-51)55(3,4)5)33-42(34-50(53)61)60-41-22-14-21-40(32-41)57-35-58(46-26-13-12-25-45(46)57)54-43(37-17-8-6-9-18-37)23-15-24-44(54)38-19-10-7-11-20-38/h6-27,29-34,36,49H,28,35H2,1-5H3. The number of aromatic nitrogens is 2. The van der Waals surface area contributed by atoms with Crippen molar-refractivity contribution in [1.29, 1.82) is 0 Å². The van der Waals surface area contributed by atoms with Crippen LogP contribution < -0.4 is 19.8 Å². The molecule has 0 fully saturated rings. The van der Waals surface area contributed by atoms with Crippen molar-refractivity contribution < 1.29 is 4.74 Å².